The Labute approximate surface area is 93.1 Å². The summed E-state index contributed by atoms with van der Waals surface area (Å²) in [6, 6.07) is 11.1. The fourth-order valence-corrected chi connectivity index (χ4v) is 4.29. The molecule has 2 aromatic rings. The van der Waals surface area contributed by atoms with Crippen molar-refractivity contribution in [2.75, 3.05) is 13.1 Å². The number of hydrogen-bond donors (Lipinski definition) is 1. The Morgan fingerprint density at radius 3 is 3.00 bits per heavy atom. The van der Waals surface area contributed by atoms with E-state index in [0.717, 1.165) is 5.92 Å². The Morgan fingerprint density at radius 1 is 1.33 bits per heavy atom. The quantitative estimate of drug-likeness (QED) is 0.771. The number of benzene rings is 1. The molecule has 1 aliphatic carbocycles. The predicted molar refractivity (Wildman–Crippen MR) is 64.5 cm³/mol. The average Bonchev–Trinajstić information content (AvgIpc) is 2.68. The van der Waals surface area contributed by atoms with Gasteiger partial charge in [0.1, 0.15) is 0 Å². The molecule has 1 saturated carbocycles. The second-order valence-corrected chi connectivity index (χ2v) is 5.92. The highest BCUT2D eigenvalue weighted by atomic mass is 32.1. The summed E-state index contributed by atoms with van der Waals surface area (Å²) in [6.45, 7) is 2.43. The largest absolute Gasteiger partial charge is 0.315 e. The van der Waals surface area contributed by atoms with Gasteiger partial charge in [-0.05, 0) is 36.4 Å². The van der Waals surface area contributed by atoms with E-state index in [2.05, 4.69) is 35.6 Å². The third-order valence-electron chi connectivity index (χ3n) is 3.98. The molecular weight excluding hydrogens is 202 g/mol. The summed E-state index contributed by atoms with van der Waals surface area (Å²) in [5.41, 5.74) is 0.531. The van der Waals surface area contributed by atoms with Gasteiger partial charge in [0.15, 0.2) is 0 Å². The van der Waals surface area contributed by atoms with Crippen LogP contribution in [0.25, 0.3) is 10.1 Å². The molecule has 1 nitrogen and oxygen atoms in total. The molecule has 0 spiro atoms. The third-order valence-corrected chi connectivity index (χ3v) is 5.32. The van der Waals surface area contributed by atoms with Crippen LogP contribution in [0.1, 0.15) is 11.3 Å². The molecule has 0 radical (unpaired) electrons. The van der Waals surface area contributed by atoms with Gasteiger partial charge in [-0.1, -0.05) is 18.2 Å². The lowest BCUT2D eigenvalue weighted by molar-refractivity contribution is 0.686. The second kappa shape index (κ2) is 2.63. The number of piperidine rings is 1. The van der Waals surface area contributed by atoms with Gasteiger partial charge in [0.2, 0.25) is 0 Å². The summed E-state index contributed by atoms with van der Waals surface area (Å²) < 4.78 is 1.44. The molecule has 15 heavy (non-hydrogen) atoms. The fourth-order valence-electron chi connectivity index (χ4n) is 2.95. The minimum Gasteiger partial charge on any atom is -0.315 e. The van der Waals surface area contributed by atoms with Crippen molar-refractivity contribution in [3.05, 3.63) is 35.2 Å². The number of nitrogens with one attached hydrogen (secondary N) is 1. The van der Waals surface area contributed by atoms with Crippen molar-refractivity contribution < 1.29 is 0 Å². The molecule has 2 fully saturated rings. The molecule has 2 atom stereocenters. The molecule has 0 unspecified atom stereocenters. The van der Waals surface area contributed by atoms with Gasteiger partial charge >= 0.3 is 0 Å². The highest BCUT2D eigenvalue weighted by molar-refractivity contribution is 7.19. The van der Waals surface area contributed by atoms with E-state index >= 15 is 0 Å². The van der Waals surface area contributed by atoms with Crippen LogP contribution in [0.3, 0.4) is 0 Å². The number of rotatable bonds is 1. The standard InChI is InChI=1S/C13H13NS/c1-2-4-11-9(3-1)5-12(15-11)13-6-10(13)7-14-8-13/h1-5,10,14H,6-8H2/t10-,13-/m0/s1. The zero-order valence-corrected chi connectivity index (χ0v) is 9.31. The molecule has 1 saturated heterocycles. The van der Waals surface area contributed by atoms with Crippen LogP contribution in [-0.2, 0) is 5.41 Å². The van der Waals surface area contributed by atoms with Gasteiger partial charge in [-0.15, -0.1) is 11.3 Å². The Morgan fingerprint density at radius 2 is 2.27 bits per heavy atom. The lowest BCUT2D eigenvalue weighted by atomic mass is 10.0. The molecule has 0 amide bonds. The molecule has 2 aliphatic rings. The minimum atomic E-state index is 0.531. The van der Waals surface area contributed by atoms with E-state index in [9.17, 15) is 0 Å². The molecule has 76 valence electrons. The zero-order chi connectivity index (χ0) is 9.88. The minimum absolute atomic E-state index is 0.531. The monoisotopic (exact) mass is 215 g/mol. The van der Waals surface area contributed by atoms with Crippen LogP contribution in [-0.4, -0.2) is 13.1 Å². The molecule has 1 aliphatic heterocycles. The van der Waals surface area contributed by atoms with Crippen LogP contribution < -0.4 is 5.32 Å². The predicted octanol–water partition coefficient (Wildman–Crippen LogP) is 2.76. The molecule has 4 rings (SSSR count). The van der Waals surface area contributed by atoms with Gasteiger partial charge in [-0.25, -0.2) is 0 Å². The summed E-state index contributed by atoms with van der Waals surface area (Å²) in [5, 5.41) is 4.93. The van der Waals surface area contributed by atoms with Crippen LogP contribution in [0.4, 0.5) is 0 Å². The summed E-state index contributed by atoms with van der Waals surface area (Å²) in [5.74, 6) is 0.922. The van der Waals surface area contributed by atoms with Crippen LogP contribution in [0, 0.1) is 5.92 Å². The highest BCUT2D eigenvalue weighted by Gasteiger charge is 2.58. The smallest absolute Gasteiger partial charge is 0.0345 e. The number of fused-ring (bicyclic) bond motifs is 2. The van der Waals surface area contributed by atoms with Gasteiger partial charge in [-0.2, -0.15) is 0 Å². The van der Waals surface area contributed by atoms with Crippen molar-refractivity contribution in [3.8, 4) is 0 Å². The van der Waals surface area contributed by atoms with Crippen molar-refractivity contribution in [1.82, 2.24) is 5.32 Å². The zero-order valence-electron chi connectivity index (χ0n) is 8.49. The van der Waals surface area contributed by atoms with Gasteiger partial charge in [0.25, 0.3) is 0 Å². The Hall–Kier alpha value is -0.860. The maximum Gasteiger partial charge on any atom is 0.0345 e. The normalized spacial score (nSPS) is 33.2. The summed E-state index contributed by atoms with van der Waals surface area (Å²) >= 11 is 2.00. The maximum atomic E-state index is 3.51. The van der Waals surface area contributed by atoms with Gasteiger partial charge in [-0.3, -0.25) is 0 Å². The first-order valence-electron chi connectivity index (χ1n) is 5.58. The fraction of sp³-hybridized carbons (Fsp3) is 0.385. The second-order valence-electron chi connectivity index (χ2n) is 4.84. The Balaban J connectivity index is 1.89. The van der Waals surface area contributed by atoms with E-state index in [0.29, 0.717) is 5.41 Å². The van der Waals surface area contributed by atoms with Gasteiger partial charge < -0.3 is 5.32 Å². The van der Waals surface area contributed by atoms with E-state index < -0.39 is 0 Å². The van der Waals surface area contributed by atoms with E-state index in [1.807, 2.05) is 11.3 Å². The molecule has 1 N–H and O–H groups in total. The average molecular weight is 215 g/mol. The molecular formula is C13H13NS. The van der Waals surface area contributed by atoms with Crippen molar-refractivity contribution in [1.29, 1.82) is 0 Å². The van der Waals surface area contributed by atoms with Crippen molar-refractivity contribution in [3.63, 3.8) is 0 Å². The van der Waals surface area contributed by atoms with E-state index in [4.69, 9.17) is 0 Å². The SMILES string of the molecule is c1ccc2sc([C@@]34CNC[C@@H]3C4)cc2c1. The number of thiophene rings is 1. The lowest BCUT2D eigenvalue weighted by Crippen LogP contribution is -2.18. The topological polar surface area (TPSA) is 12.0 Å². The van der Waals surface area contributed by atoms with E-state index in [1.165, 1.54) is 29.6 Å². The number of hydrogen-bond acceptors (Lipinski definition) is 2. The molecule has 2 heterocycles. The Kier molecular flexibility index (Phi) is 1.46. The molecule has 0 bridgehead atoms. The van der Waals surface area contributed by atoms with Crippen LogP contribution in [0.2, 0.25) is 0 Å². The summed E-state index contributed by atoms with van der Waals surface area (Å²) in [4.78, 5) is 1.61. The third kappa shape index (κ3) is 1.01. The highest BCUT2D eigenvalue weighted by Crippen LogP contribution is 2.58. The molecule has 2 heteroatoms. The summed E-state index contributed by atoms with van der Waals surface area (Å²) in [6.07, 6.45) is 1.41. The van der Waals surface area contributed by atoms with Gasteiger partial charge in [0.05, 0.1) is 0 Å². The van der Waals surface area contributed by atoms with E-state index in [-0.39, 0.29) is 0 Å². The first-order valence-corrected chi connectivity index (χ1v) is 6.40. The van der Waals surface area contributed by atoms with Crippen LogP contribution in [0.15, 0.2) is 30.3 Å². The van der Waals surface area contributed by atoms with Crippen molar-refractivity contribution >= 4 is 21.4 Å². The van der Waals surface area contributed by atoms with Crippen molar-refractivity contribution in [2.24, 2.45) is 5.92 Å². The Bertz CT molecular complexity index is 497. The van der Waals surface area contributed by atoms with Crippen LogP contribution in [0.5, 0.6) is 0 Å². The van der Waals surface area contributed by atoms with E-state index in [1.54, 1.807) is 4.88 Å². The van der Waals surface area contributed by atoms with Crippen LogP contribution >= 0.6 is 11.3 Å². The first kappa shape index (κ1) is 8.31. The first-order chi connectivity index (χ1) is 7.38. The maximum absolute atomic E-state index is 3.51. The van der Waals surface area contributed by atoms with Gasteiger partial charge in [0, 0.05) is 21.5 Å². The molecule has 1 aromatic carbocycles. The molecule has 1 aromatic heterocycles. The lowest BCUT2D eigenvalue weighted by Gasteiger charge is -2.07. The van der Waals surface area contributed by atoms with Crippen molar-refractivity contribution in [2.45, 2.75) is 11.8 Å². The summed E-state index contributed by atoms with van der Waals surface area (Å²) in [7, 11) is 0.